The Morgan fingerprint density at radius 1 is 1.32 bits per heavy atom. The van der Waals surface area contributed by atoms with Gasteiger partial charge in [0.25, 0.3) is 5.91 Å². The van der Waals surface area contributed by atoms with E-state index in [9.17, 15) is 4.79 Å². The van der Waals surface area contributed by atoms with Gasteiger partial charge in [0.2, 0.25) is 5.75 Å². The molecule has 7 nitrogen and oxygen atoms in total. The molecule has 2 rings (SSSR count). The van der Waals surface area contributed by atoms with Crippen molar-refractivity contribution in [2.45, 2.75) is 0 Å². The Labute approximate surface area is 140 Å². The number of nitrogens with one attached hydrogen (secondary N) is 1. The first-order valence-corrected chi connectivity index (χ1v) is 5.84. The van der Waals surface area contributed by atoms with Crippen LogP contribution in [0.15, 0.2) is 47.8 Å². The van der Waals surface area contributed by atoms with E-state index in [1.807, 2.05) is 0 Å². The first kappa shape index (κ1) is 19.7. The second kappa shape index (κ2) is 9.60. The molecule has 0 unspecified atom stereocenters. The molecule has 0 aliphatic rings. The van der Waals surface area contributed by atoms with E-state index in [1.165, 1.54) is 25.7 Å². The van der Waals surface area contributed by atoms with Gasteiger partial charge < -0.3 is 15.3 Å². The van der Waals surface area contributed by atoms with Gasteiger partial charge in [-0.15, -0.1) is 0 Å². The van der Waals surface area contributed by atoms with Gasteiger partial charge in [0.15, 0.2) is 0 Å². The number of pyridine rings is 1. The standard InChI is InChI=1S/C14H13N3O3.H2O.Zn/c1-20-12-4-2-3-11(13(12)18)9-16-17-14(19)10-5-7-15-8-6-10;;/h2-9,18H,1H3,(H,17,19);1H2;/q;;+2. The number of benzene rings is 1. The van der Waals surface area contributed by atoms with Gasteiger partial charge in [0.05, 0.1) is 18.9 Å². The fraction of sp³-hybridized carbons (Fsp3) is 0.0714. The van der Waals surface area contributed by atoms with Gasteiger partial charge in [-0.3, -0.25) is 9.78 Å². The van der Waals surface area contributed by atoms with Crippen LogP contribution >= 0.6 is 0 Å². The topological polar surface area (TPSA) is 116 Å². The molecule has 1 aromatic heterocycles. The van der Waals surface area contributed by atoms with E-state index in [-0.39, 0.29) is 36.6 Å². The third kappa shape index (κ3) is 4.91. The zero-order valence-electron chi connectivity index (χ0n) is 12.0. The summed E-state index contributed by atoms with van der Waals surface area (Å²) in [7, 11) is 1.50. The number of nitrogens with zero attached hydrogens (tertiary/aromatic N) is 2. The van der Waals surface area contributed by atoms with Crippen molar-refractivity contribution >= 4 is 12.1 Å². The number of hydrogen-bond acceptors (Lipinski definition) is 5. The molecule has 1 amide bonds. The van der Waals surface area contributed by atoms with Gasteiger partial charge in [-0.1, -0.05) is 6.07 Å². The third-order valence-electron chi connectivity index (χ3n) is 2.59. The number of rotatable bonds is 4. The molecule has 0 radical (unpaired) electrons. The average Bonchev–Trinajstić information content (AvgIpc) is 2.49. The molecule has 110 valence electrons. The van der Waals surface area contributed by atoms with Crippen LogP contribution in [-0.4, -0.2) is 34.8 Å². The number of hydrazone groups is 1. The molecule has 0 aliphatic carbocycles. The summed E-state index contributed by atoms with van der Waals surface area (Å²) >= 11 is 0. The number of ether oxygens (including phenoxy) is 1. The minimum absolute atomic E-state index is 0. The molecular formula is C14H15N3O4Zn+2. The van der Waals surface area contributed by atoms with E-state index < -0.39 is 0 Å². The Morgan fingerprint density at radius 3 is 2.64 bits per heavy atom. The van der Waals surface area contributed by atoms with Crippen molar-refractivity contribution in [3.63, 3.8) is 0 Å². The Hall–Kier alpha value is -2.31. The van der Waals surface area contributed by atoms with E-state index in [0.29, 0.717) is 16.9 Å². The van der Waals surface area contributed by atoms with Gasteiger partial charge in [-0.2, -0.15) is 5.10 Å². The average molecular weight is 355 g/mol. The summed E-state index contributed by atoms with van der Waals surface area (Å²) in [6, 6.07) is 8.34. The molecule has 22 heavy (non-hydrogen) atoms. The van der Waals surface area contributed by atoms with Gasteiger partial charge in [0.1, 0.15) is 0 Å². The second-order valence-electron chi connectivity index (χ2n) is 3.86. The summed E-state index contributed by atoms with van der Waals surface area (Å²) in [5.74, 6) is 0.337. The number of carbonyl (C=O) groups is 1. The van der Waals surface area contributed by atoms with Crippen molar-refractivity contribution in [2.24, 2.45) is 5.10 Å². The van der Waals surface area contributed by atoms with Crippen molar-refractivity contribution in [3.05, 3.63) is 53.9 Å². The summed E-state index contributed by atoms with van der Waals surface area (Å²) in [5.41, 5.74) is 3.41. The number of amides is 1. The molecule has 1 heterocycles. The first-order chi connectivity index (χ1) is 9.72. The van der Waals surface area contributed by atoms with E-state index >= 15 is 0 Å². The Morgan fingerprint density at radius 2 is 2.00 bits per heavy atom. The monoisotopic (exact) mass is 353 g/mol. The predicted molar refractivity (Wildman–Crippen MR) is 77.3 cm³/mol. The minimum Gasteiger partial charge on any atom is -0.870 e. The number of carbonyl (C=O) groups excluding carboxylic acids is 1. The molecule has 2 aromatic rings. The van der Waals surface area contributed by atoms with E-state index in [1.54, 1.807) is 30.3 Å². The van der Waals surface area contributed by atoms with Gasteiger partial charge in [-0.25, -0.2) is 5.43 Å². The number of hydrogen-bond donors (Lipinski definition) is 1. The van der Waals surface area contributed by atoms with Crippen LogP contribution in [0, 0.1) is 0 Å². The number of aromatic nitrogens is 1. The predicted octanol–water partition coefficient (Wildman–Crippen LogP) is 1.11. The maximum Gasteiger partial charge on any atom is 2.00 e. The van der Waals surface area contributed by atoms with Crippen molar-refractivity contribution in [1.29, 1.82) is 0 Å². The SMILES string of the molecule is COc1cccc(C=NNC(=O)c2ccncc2)c1[OH2+].[OH-].[Zn+2]. The largest absolute Gasteiger partial charge is 2.00 e. The molecule has 0 atom stereocenters. The molecule has 4 N–H and O–H groups in total. The van der Waals surface area contributed by atoms with Crippen molar-refractivity contribution in [2.75, 3.05) is 7.11 Å². The van der Waals surface area contributed by atoms with Gasteiger partial charge in [0, 0.05) is 18.0 Å². The van der Waals surface area contributed by atoms with E-state index in [4.69, 9.17) is 9.84 Å². The van der Waals surface area contributed by atoms with Gasteiger partial charge in [-0.05, 0) is 24.3 Å². The fourth-order valence-electron chi connectivity index (χ4n) is 1.55. The van der Waals surface area contributed by atoms with Crippen LogP contribution in [-0.2, 0) is 19.5 Å². The van der Waals surface area contributed by atoms with Crippen molar-refractivity contribution in [3.8, 4) is 11.5 Å². The molecule has 0 aliphatic heterocycles. The Balaban J connectivity index is 0.00000220. The molecule has 0 saturated heterocycles. The molecular weight excluding hydrogens is 340 g/mol. The van der Waals surface area contributed by atoms with E-state index in [2.05, 4.69) is 15.5 Å². The molecule has 8 heteroatoms. The Bertz CT molecular complexity index is 635. The second-order valence-corrected chi connectivity index (χ2v) is 3.86. The number of para-hydroxylation sites is 1. The molecule has 0 bridgehead atoms. The zero-order chi connectivity index (χ0) is 14.4. The van der Waals surface area contributed by atoms with E-state index in [0.717, 1.165) is 0 Å². The maximum atomic E-state index is 11.7. The smallest absolute Gasteiger partial charge is 0.870 e. The molecule has 0 saturated carbocycles. The van der Waals surface area contributed by atoms with Crippen LogP contribution in [0.3, 0.4) is 0 Å². The summed E-state index contributed by atoms with van der Waals surface area (Å²) in [6.45, 7) is 0. The first-order valence-electron chi connectivity index (χ1n) is 5.84. The third-order valence-corrected chi connectivity index (χ3v) is 2.59. The summed E-state index contributed by atoms with van der Waals surface area (Å²) in [4.78, 5) is 15.5. The minimum atomic E-state index is -0.335. The zero-order valence-corrected chi connectivity index (χ0v) is 15.0. The van der Waals surface area contributed by atoms with Crippen molar-refractivity contribution < 1.29 is 39.6 Å². The summed E-state index contributed by atoms with van der Waals surface area (Å²) in [5, 5.41) is 11.7. The molecule has 0 fully saturated rings. The maximum absolute atomic E-state index is 11.7. The fourth-order valence-corrected chi connectivity index (χ4v) is 1.55. The van der Waals surface area contributed by atoms with Crippen molar-refractivity contribution in [1.82, 2.24) is 10.4 Å². The van der Waals surface area contributed by atoms with Crippen LogP contribution in [0.5, 0.6) is 11.5 Å². The summed E-state index contributed by atoms with van der Waals surface area (Å²) < 4.78 is 5.04. The van der Waals surface area contributed by atoms with Gasteiger partial charge >= 0.3 is 25.2 Å². The van der Waals surface area contributed by atoms with Crippen LogP contribution in [0.4, 0.5) is 0 Å². The normalized spacial score (nSPS) is 9.50. The van der Waals surface area contributed by atoms with Crippen LogP contribution in [0.1, 0.15) is 15.9 Å². The van der Waals surface area contributed by atoms with Crippen LogP contribution < -0.4 is 10.2 Å². The quantitative estimate of drug-likeness (QED) is 0.383. The summed E-state index contributed by atoms with van der Waals surface area (Å²) in [6.07, 6.45) is 4.47. The molecule has 1 aromatic carbocycles. The number of methoxy groups -OCH3 is 1. The van der Waals surface area contributed by atoms with Crippen LogP contribution in [0.2, 0.25) is 0 Å². The Kier molecular flexibility index (Phi) is 8.59. The molecule has 0 spiro atoms. The van der Waals surface area contributed by atoms with Crippen LogP contribution in [0.25, 0.3) is 0 Å².